The van der Waals surface area contributed by atoms with Crippen molar-refractivity contribution >= 4 is 0 Å². The summed E-state index contributed by atoms with van der Waals surface area (Å²) in [6.45, 7) is 1.95. The molecule has 2 bridgehead atoms. The molecule has 3 atom stereocenters. The predicted octanol–water partition coefficient (Wildman–Crippen LogP) is 2.27. The number of piperidine rings is 1. The molecule has 70 valence electrons. The van der Waals surface area contributed by atoms with Crippen LogP contribution in [0.1, 0.15) is 39.0 Å². The molecule has 2 heteroatoms. The van der Waals surface area contributed by atoms with E-state index in [0.717, 1.165) is 12.8 Å². The molecule has 0 aromatic heterocycles. The van der Waals surface area contributed by atoms with E-state index in [4.69, 9.17) is 0 Å². The lowest BCUT2D eigenvalue weighted by atomic mass is 9.87. The molecule has 1 nitrogen and oxygen atoms in total. The lowest BCUT2D eigenvalue weighted by molar-refractivity contribution is 0.158. The quantitative estimate of drug-likeness (QED) is 0.672. The molecular weight excluding hydrogens is 153 g/mol. The number of fused-ring (bicyclic) bond motifs is 2. The fourth-order valence-electron chi connectivity index (χ4n) is 2.73. The molecule has 12 heavy (non-hydrogen) atoms. The molecule has 2 aliphatic heterocycles. The minimum Gasteiger partial charge on any atom is -0.311 e. The Bertz CT molecular complexity index is 148. The molecule has 0 amide bonds. The Labute approximate surface area is 73.7 Å². The first kappa shape index (κ1) is 8.49. The minimum absolute atomic E-state index is 0.355. The van der Waals surface area contributed by atoms with Gasteiger partial charge in [0.1, 0.15) is 6.17 Å². The van der Waals surface area contributed by atoms with Crippen LogP contribution in [-0.2, 0) is 0 Å². The van der Waals surface area contributed by atoms with Crippen molar-refractivity contribution in [1.82, 2.24) is 5.32 Å². The molecule has 1 N–H and O–H groups in total. The molecule has 2 saturated heterocycles. The second-order valence-electron chi connectivity index (χ2n) is 4.29. The molecule has 2 aliphatic rings. The SMILES string of the molecule is CCC(F)C1CC2CCC(C1)N2. The van der Waals surface area contributed by atoms with Crippen molar-refractivity contribution < 1.29 is 4.39 Å². The summed E-state index contributed by atoms with van der Waals surface area (Å²) in [5.41, 5.74) is 0. The number of hydrogen-bond acceptors (Lipinski definition) is 1. The smallest absolute Gasteiger partial charge is 0.103 e. The Kier molecular flexibility index (Phi) is 2.35. The highest BCUT2D eigenvalue weighted by Crippen LogP contribution is 2.34. The van der Waals surface area contributed by atoms with Crippen LogP contribution in [-0.4, -0.2) is 18.3 Å². The van der Waals surface area contributed by atoms with Crippen LogP contribution in [0.4, 0.5) is 4.39 Å². The second-order valence-corrected chi connectivity index (χ2v) is 4.29. The maximum Gasteiger partial charge on any atom is 0.103 e. The monoisotopic (exact) mass is 171 g/mol. The van der Waals surface area contributed by atoms with Gasteiger partial charge in [-0.1, -0.05) is 6.92 Å². The summed E-state index contributed by atoms with van der Waals surface area (Å²) in [5.74, 6) is 0.355. The first-order valence-electron chi connectivity index (χ1n) is 5.19. The topological polar surface area (TPSA) is 12.0 Å². The van der Waals surface area contributed by atoms with Crippen molar-refractivity contribution in [3.05, 3.63) is 0 Å². The highest BCUT2D eigenvalue weighted by molar-refractivity contribution is 4.93. The Morgan fingerprint density at radius 3 is 2.42 bits per heavy atom. The molecular formula is C10H18FN. The summed E-state index contributed by atoms with van der Waals surface area (Å²) in [5, 5.41) is 3.53. The Hall–Kier alpha value is -0.110. The molecule has 3 unspecified atom stereocenters. The number of hydrogen-bond donors (Lipinski definition) is 1. The maximum atomic E-state index is 13.4. The Morgan fingerprint density at radius 1 is 1.33 bits per heavy atom. The summed E-state index contributed by atoms with van der Waals surface area (Å²) in [7, 11) is 0. The summed E-state index contributed by atoms with van der Waals surface area (Å²) in [4.78, 5) is 0. The summed E-state index contributed by atoms with van der Waals surface area (Å²) >= 11 is 0. The van der Waals surface area contributed by atoms with E-state index >= 15 is 0 Å². The van der Waals surface area contributed by atoms with Gasteiger partial charge in [0, 0.05) is 12.1 Å². The molecule has 2 fully saturated rings. The molecule has 2 heterocycles. The van der Waals surface area contributed by atoms with E-state index in [0.29, 0.717) is 24.4 Å². The van der Waals surface area contributed by atoms with Crippen LogP contribution in [0, 0.1) is 5.92 Å². The lowest BCUT2D eigenvalue weighted by Crippen LogP contribution is -2.40. The van der Waals surface area contributed by atoms with E-state index in [1.165, 1.54) is 12.8 Å². The third-order valence-electron chi connectivity index (χ3n) is 3.41. The fraction of sp³-hybridized carbons (Fsp3) is 1.00. The van der Waals surface area contributed by atoms with Crippen molar-refractivity contribution in [2.75, 3.05) is 0 Å². The van der Waals surface area contributed by atoms with Gasteiger partial charge in [0.25, 0.3) is 0 Å². The van der Waals surface area contributed by atoms with Crippen LogP contribution < -0.4 is 5.32 Å². The van der Waals surface area contributed by atoms with Gasteiger partial charge in [-0.3, -0.25) is 0 Å². The van der Waals surface area contributed by atoms with Gasteiger partial charge in [-0.05, 0) is 38.0 Å². The lowest BCUT2D eigenvalue weighted by Gasteiger charge is -2.30. The van der Waals surface area contributed by atoms with Gasteiger partial charge in [0.2, 0.25) is 0 Å². The zero-order chi connectivity index (χ0) is 8.55. The average molecular weight is 171 g/mol. The predicted molar refractivity (Wildman–Crippen MR) is 47.9 cm³/mol. The summed E-state index contributed by atoms with van der Waals surface area (Å²) < 4.78 is 13.4. The maximum absolute atomic E-state index is 13.4. The first-order valence-corrected chi connectivity index (χ1v) is 5.19. The standard InChI is InChI=1S/C10H18FN/c1-2-10(11)7-5-8-3-4-9(6-7)12-8/h7-10,12H,2-6H2,1H3. The average Bonchev–Trinajstić information content (AvgIpc) is 2.44. The molecule has 0 aromatic rings. The normalized spacial score (nSPS) is 43.0. The summed E-state index contributed by atoms with van der Waals surface area (Å²) in [6.07, 6.45) is 4.85. The molecule has 0 spiro atoms. The van der Waals surface area contributed by atoms with E-state index in [9.17, 15) is 4.39 Å². The van der Waals surface area contributed by atoms with Gasteiger partial charge in [0.15, 0.2) is 0 Å². The molecule has 2 rings (SSSR count). The molecule has 0 saturated carbocycles. The van der Waals surface area contributed by atoms with Crippen molar-refractivity contribution in [2.45, 2.75) is 57.3 Å². The number of alkyl halides is 1. The Balaban J connectivity index is 1.93. The zero-order valence-corrected chi connectivity index (χ0v) is 7.72. The third kappa shape index (κ3) is 1.49. The van der Waals surface area contributed by atoms with Crippen LogP contribution in [0.15, 0.2) is 0 Å². The number of nitrogens with one attached hydrogen (secondary N) is 1. The third-order valence-corrected chi connectivity index (χ3v) is 3.41. The van der Waals surface area contributed by atoms with E-state index in [-0.39, 0.29) is 0 Å². The highest BCUT2D eigenvalue weighted by atomic mass is 19.1. The van der Waals surface area contributed by atoms with Crippen LogP contribution in [0.25, 0.3) is 0 Å². The molecule has 0 aromatic carbocycles. The molecule has 0 radical (unpaired) electrons. The fourth-order valence-corrected chi connectivity index (χ4v) is 2.73. The Morgan fingerprint density at radius 2 is 1.92 bits per heavy atom. The largest absolute Gasteiger partial charge is 0.311 e. The molecule has 0 aliphatic carbocycles. The van der Waals surface area contributed by atoms with Crippen LogP contribution >= 0.6 is 0 Å². The van der Waals surface area contributed by atoms with Crippen LogP contribution in [0.2, 0.25) is 0 Å². The van der Waals surface area contributed by atoms with E-state index in [1.807, 2.05) is 6.92 Å². The van der Waals surface area contributed by atoms with E-state index in [2.05, 4.69) is 5.32 Å². The van der Waals surface area contributed by atoms with Crippen molar-refractivity contribution in [1.29, 1.82) is 0 Å². The van der Waals surface area contributed by atoms with E-state index < -0.39 is 6.17 Å². The van der Waals surface area contributed by atoms with Crippen LogP contribution in [0.3, 0.4) is 0 Å². The van der Waals surface area contributed by atoms with Gasteiger partial charge in [-0.15, -0.1) is 0 Å². The van der Waals surface area contributed by atoms with Gasteiger partial charge in [-0.25, -0.2) is 4.39 Å². The van der Waals surface area contributed by atoms with Gasteiger partial charge in [-0.2, -0.15) is 0 Å². The van der Waals surface area contributed by atoms with Crippen molar-refractivity contribution in [2.24, 2.45) is 5.92 Å². The summed E-state index contributed by atoms with van der Waals surface area (Å²) in [6, 6.07) is 1.28. The van der Waals surface area contributed by atoms with Gasteiger partial charge in [0.05, 0.1) is 0 Å². The number of halogens is 1. The van der Waals surface area contributed by atoms with Gasteiger partial charge < -0.3 is 5.32 Å². The minimum atomic E-state index is -0.546. The zero-order valence-electron chi connectivity index (χ0n) is 7.72. The van der Waals surface area contributed by atoms with Crippen LogP contribution in [0.5, 0.6) is 0 Å². The number of rotatable bonds is 2. The van der Waals surface area contributed by atoms with E-state index in [1.54, 1.807) is 0 Å². The van der Waals surface area contributed by atoms with Crippen molar-refractivity contribution in [3.8, 4) is 0 Å². The van der Waals surface area contributed by atoms with Crippen molar-refractivity contribution in [3.63, 3.8) is 0 Å². The highest BCUT2D eigenvalue weighted by Gasteiger charge is 2.36. The van der Waals surface area contributed by atoms with Gasteiger partial charge >= 0.3 is 0 Å². The first-order chi connectivity index (χ1) is 5.79. The second kappa shape index (κ2) is 3.33.